The van der Waals surface area contributed by atoms with E-state index < -0.39 is 23.7 Å². The maximum absolute atomic E-state index is 12.3. The van der Waals surface area contributed by atoms with Crippen molar-refractivity contribution in [2.24, 2.45) is 5.92 Å². The Morgan fingerprint density at radius 1 is 1.55 bits per heavy atom. The molecule has 0 heterocycles. The van der Waals surface area contributed by atoms with Gasteiger partial charge in [0.15, 0.2) is 0 Å². The molecule has 0 saturated heterocycles. The van der Waals surface area contributed by atoms with E-state index in [9.17, 15) is 9.18 Å². The number of alkyl halides is 1. The lowest BCUT2D eigenvalue weighted by atomic mass is 10.2. The molecule has 1 saturated carbocycles. The summed E-state index contributed by atoms with van der Waals surface area (Å²) in [5.41, 5.74) is -0.487. The number of halogens is 1. The van der Waals surface area contributed by atoms with Gasteiger partial charge >= 0.3 is 5.97 Å². The van der Waals surface area contributed by atoms with Crippen LogP contribution in [0.2, 0.25) is 0 Å². The average Bonchev–Trinajstić information content (AvgIpc) is 2.41. The lowest BCUT2D eigenvalue weighted by Crippen LogP contribution is -2.25. The first-order chi connectivity index (χ1) is 4.90. The Morgan fingerprint density at radius 2 is 2.00 bits per heavy atom. The van der Waals surface area contributed by atoms with Crippen LogP contribution in [-0.2, 0) is 9.53 Å². The van der Waals surface area contributed by atoms with Gasteiger partial charge in [-0.1, -0.05) is 0 Å². The molecular formula is C8H13FO2. The number of rotatable bonds is 1. The number of hydrogen-bond donors (Lipinski definition) is 0. The summed E-state index contributed by atoms with van der Waals surface area (Å²) in [7, 11) is 0. The predicted octanol–water partition coefficient (Wildman–Crippen LogP) is 1.69. The Bertz CT molecular complexity index is 171. The van der Waals surface area contributed by atoms with E-state index in [0.717, 1.165) is 0 Å². The standard InChI is InChI=1S/C8H13FO2/c1-8(2,3)11-7(10)5-4-6(5)9/h5-6H,4H2,1-3H3/t5-,6+/m1/s1. The summed E-state index contributed by atoms with van der Waals surface area (Å²) in [6.45, 7) is 5.33. The monoisotopic (exact) mass is 160 g/mol. The fourth-order valence-electron chi connectivity index (χ4n) is 0.785. The van der Waals surface area contributed by atoms with Gasteiger partial charge in [0, 0.05) is 0 Å². The van der Waals surface area contributed by atoms with E-state index in [1.54, 1.807) is 20.8 Å². The van der Waals surface area contributed by atoms with Crippen LogP contribution in [0.25, 0.3) is 0 Å². The molecule has 1 aliphatic rings. The summed E-state index contributed by atoms with van der Waals surface area (Å²) in [6, 6.07) is 0. The number of carbonyl (C=O) groups is 1. The second-order valence-electron chi connectivity index (χ2n) is 3.89. The summed E-state index contributed by atoms with van der Waals surface area (Å²) < 4.78 is 17.3. The van der Waals surface area contributed by atoms with Crippen molar-refractivity contribution >= 4 is 5.97 Å². The van der Waals surface area contributed by atoms with Gasteiger partial charge in [-0.2, -0.15) is 0 Å². The van der Waals surface area contributed by atoms with E-state index in [1.165, 1.54) is 0 Å². The Kier molecular flexibility index (Phi) is 1.90. The molecule has 0 unspecified atom stereocenters. The molecule has 2 atom stereocenters. The van der Waals surface area contributed by atoms with Crippen molar-refractivity contribution in [1.82, 2.24) is 0 Å². The van der Waals surface area contributed by atoms with Crippen LogP contribution in [0.5, 0.6) is 0 Å². The van der Waals surface area contributed by atoms with Gasteiger partial charge in [-0.05, 0) is 27.2 Å². The summed E-state index contributed by atoms with van der Waals surface area (Å²) in [5.74, 6) is -0.876. The van der Waals surface area contributed by atoms with E-state index in [1.807, 2.05) is 0 Å². The average molecular weight is 160 g/mol. The molecule has 0 aromatic rings. The van der Waals surface area contributed by atoms with Crippen LogP contribution in [0.3, 0.4) is 0 Å². The van der Waals surface area contributed by atoms with Crippen LogP contribution in [0.15, 0.2) is 0 Å². The normalized spacial score (nSPS) is 29.8. The molecular weight excluding hydrogens is 147 g/mol. The van der Waals surface area contributed by atoms with Crippen LogP contribution in [0.4, 0.5) is 4.39 Å². The van der Waals surface area contributed by atoms with E-state index >= 15 is 0 Å². The summed E-state index contributed by atoms with van der Waals surface area (Å²) in [6.07, 6.45) is -0.612. The van der Waals surface area contributed by atoms with Crippen molar-refractivity contribution in [2.75, 3.05) is 0 Å². The van der Waals surface area contributed by atoms with Crippen LogP contribution in [0.1, 0.15) is 27.2 Å². The van der Waals surface area contributed by atoms with Gasteiger partial charge in [-0.15, -0.1) is 0 Å². The van der Waals surface area contributed by atoms with Gasteiger partial charge in [-0.3, -0.25) is 4.79 Å². The lowest BCUT2D eigenvalue weighted by Gasteiger charge is -2.19. The number of carbonyl (C=O) groups excluding carboxylic acids is 1. The zero-order chi connectivity index (χ0) is 8.65. The molecule has 0 aliphatic heterocycles. The minimum absolute atomic E-state index is 0.342. The summed E-state index contributed by atoms with van der Waals surface area (Å²) in [5, 5.41) is 0. The number of esters is 1. The summed E-state index contributed by atoms with van der Waals surface area (Å²) >= 11 is 0. The molecule has 0 aromatic heterocycles. The molecule has 0 N–H and O–H groups in total. The summed E-state index contributed by atoms with van der Waals surface area (Å²) in [4.78, 5) is 11.0. The topological polar surface area (TPSA) is 26.3 Å². The minimum atomic E-state index is -0.954. The van der Waals surface area contributed by atoms with E-state index in [0.29, 0.717) is 6.42 Å². The zero-order valence-electron chi connectivity index (χ0n) is 7.06. The van der Waals surface area contributed by atoms with Gasteiger partial charge in [-0.25, -0.2) is 4.39 Å². The first kappa shape index (κ1) is 8.50. The van der Waals surface area contributed by atoms with E-state index in [-0.39, 0.29) is 0 Å². The lowest BCUT2D eigenvalue weighted by molar-refractivity contribution is -0.156. The highest BCUT2D eigenvalue weighted by molar-refractivity contribution is 5.76. The van der Waals surface area contributed by atoms with Crippen molar-refractivity contribution in [1.29, 1.82) is 0 Å². The van der Waals surface area contributed by atoms with Crippen molar-refractivity contribution < 1.29 is 13.9 Å². The van der Waals surface area contributed by atoms with Gasteiger partial charge in [0.1, 0.15) is 11.8 Å². The number of ether oxygens (including phenoxy) is 1. The third-order valence-corrected chi connectivity index (χ3v) is 1.42. The molecule has 1 fully saturated rings. The highest BCUT2D eigenvalue weighted by atomic mass is 19.1. The highest BCUT2D eigenvalue weighted by Crippen LogP contribution is 2.35. The Balaban J connectivity index is 2.33. The maximum Gasteiger partial charge on any atom is 0.312 e. The number of hydrogen-bond acceptors (Lipinski definition) is 2. The molecule has 2 nitrogen and oxygen atoms in total. The fourth-order valence-corrected chi connectivity index (χ4v) is 0.785. The van der Waals surface area contributed by atoms with Gasteiger partial charge in [0.2, 0.25) is 0 Å². The van der Waals surface area contributed by atoms with Crippen LogP contribution in [-0.4, -0.2) is 17.7 Å². The first-order valence-corrected chi connectivity index (χ1v) is 3.77. The van der Waals surface area contributed by atoms with Gasteiger partial charge < -0.3 is 4.74 Å². The van der Waals surface area contributed by atoms with Crippen LogP contribution < -0.4 is 0 Å². The predicted molar refractivity (Wildman–Crippen MR) is 38.8 cm³/mol. The smallest absolute Gasteiger partial charge is 0.312 e. The third-order valence-electron chi connectivity index (χ3n) is 1.42. The van der Waals surface area contributed by atoms with Crippen molar-refractivity contribution in [2.45, 2.75) is 39.0 Å². The Hall–Kier alpha value is -0.600. The largest absolute Gasteiger partial charge is 0.460 e. The van der Waals surface area contributed by atoms with Crippen molar-refractivity contribution in [3.05, 3.63) is 0 Å². The molecule has 0 aromatic carbocycles. The second kappa shape index (κ2) is 2.47. The molecule has 1 rings (SSSR count). The van der Waals surface area contributed by atoms with Crippen LogP contribution >= 0.6 is 0 Å². The quantitative estimate of drug-likeness (QED) is 0.545. The molecule has 3 heteroatoms. The van der Waals surface area contributed by atoms with Crippen molar-refractivity contribution in [3.63, 3.8) is 0 Å². The maximum atomic E-state index is 12.3. The molecule has 11 heavy (non-hydrogen) atoms. The Labute approximate surface area is 65.7 Å². The third kappa shape index (κ3) is 2.48. The Morgan fingerprint density at radius 3 is 2.27 bits per heavy atom. The minimum Gasteiger partial charge on any atom is -0.460 e. The fraction of sp³-hybridized carbons (Fsp3) is 0.875. The second-order valence-corrected chi connectivity index (χ2v) is 3.89. The SMILES string of the molecule is CC(C)(C)OC(=O)[C@@H]1C[C@@H]1F. The molecule has 0 amide bonds. The first-order valence-electron chi connectivity index (χ1n) is 3.77. The molecule has 0 bridgehead atoms. The molecule has 0 spiro atoms. The molecule has 64 valence electrons. The highest BCUT2D eigenvalue weighted by Gasteiger charge is 2.46. The zero-order valence-corrected chi connectivity index (χ0v) is 7.06. The van der Waals surface area contributed by atoms with Crippen molar-refractivity contribution in [3.8, 4) is 0 Å². The molecule has 1 aliphatic carbocycles. The van der Waals surface area contributed by atoms with Crippen LogP contribution in [0, 0.1) is 5.92 Å². The molecule has 0 radical (unpaired) electrons. The van der Waals surface area contributed by atoms with Gasteiger partial charge in [0.05, 0.1) is 5.92 Å². The van der Waals surface area contributed by atoms with E-state index in [4.69, 9.17) is 4.74 Å². The van der Waals surface area contributed by atoms with Gasteiger partial charge in [0.25, 0.3) is 0 Å². The van der Waals surface area contributed by atoms with E-state index in [2.05, 4.69) is 0 Å².